The highest BCUT2D eigenvalue weighted by atomic mass is 35.7. The zero-order valence-corrected chi connectivity index (χ0v) is 9.41. The third-order valence-corrected chi connectivity index (χ3v) is 3.57. The molecule has 0 atom stereocenters. The smallest absolute Gasteiger partial charge is 0.207 e. The lowest BCUT2D eigenvalue weighted by atomic mass is 10.1. The molecule has 0 amide bonds. The number of aryl methyl sites for hydroxylation is 1. The topological polar surface area (TPSA) is 57.9 Å². The number of nitriles is 1. The van der Waals surface area contributed by atoms with Gasteiger partial charge >= 0.3 is 0 Å². The van der Waals surface area contributed by atoms with Crippen LogP contribution in [0.5, 0.6) is 0 Å². The average molecular weight is 250 g/mol. The molecule has 0 unspecified atom stereocenters. The lowest BCUT2D eigenvalue weighted by molar-refractivity contribution is 0.609. The Morgan fingerprint density at radius 3 is 2.43 bits per heavy atom. The Morgan fingerprint density at radius 1 is 1.43 bits per heavy atom. The monoisotopic (exact) mass is 249 g/mol. The maximum atomic E-state index is 11.0. The van der Waals surface area contributed by atoms with Crippen molar-refractivity contribution in [1.29, 1.82) is 5.26 Å². The summed E-state index contributed by atoms with van der Waals surface area (Å²) < 4.78 is 22.1. The molecule has 6 heteroatoms. The van der Waals surface area contributed by atoms with Crippen molar-refractivity contribution in [2.45, 2.75) is 11.8 Å². The number of halogens is 2. The molecule has 1 aromatic carbocycles. The van der Waals surface area contributed by atoms with E-state index in [1.165, 1.54) is 6.07 Å². The summed E-state index contributed by atoms with van der Waals surface area (Å²) in [5.74, 6) is 0. The predicted octanol–water partition coefficient (Wildman–Crippen LogP) is 2.45. The first-order chi connectivity index (χ1) is 6.36. The predicted molar refractivity (Wildman–Crippen MR) is 53.9 cm³/mol. The summed E-state index contributed by atoms with van der Waals surface area (Å²) in [6, 6.07) is 4.47. The lowest BCUT2D eigenvalue weighted by Gasteiger charge is -2.03. The fraction of sp³-hybridized carbons (Fsp3) is 0.125. The zero-order valence-electron chi connectivity index (χ0n) is 7.08. The third kappa shape index (κ3) is 2.18. The molecule has 0 aliphatic heterocycles. The Hall–Kier alpha value is -0.760. The molecule has 0 fully saturated rings. The van der Waals surface area contributed by atoms with Crippen LogP contribution in [0.15, 0.2) is 17.0 Å². The SMILES string of the molecule is Cc1cc(C#N)cc(S(=O)(=O)Cl)c1Cl. The van der Waals surface area contributed by atoms with Gasteiger partial charge in [0.25, 0.3) is 9.05 Å². The van der Waals surface area contributed by atoms with E-state index < -0.39 is 9.05 Å². The molecule has 0 radical (unpaired) electrons. The first kappa shape index (κ1) is 11.3. The standard InChI is InChI=1S/C8H5Cl2NO2S/c1-5-2-6(4-11)3-7(8(5)9)14(10,12)13/h2-3H,1H3. The fourth-order valence-electron chi connectivity index (χ4n) is 0.979. The summed E-state index contributed by atoms with van der Waals surface area (Å²) >= 11 is 5.73. The van der Waals surface area contributed by atoms with E-state index in [0.29, 0.717) is 5.56 Å². The van der Waals surface area contributed by atoms with Gasteiger partial charge in [-0.2, -0.15) is 5.26 Å². The molecule has 0 N–H and O–H groups in total. The van der Waals surface area contributed by atoms with Crippen LogP contribution in [-0.4, -0.2) is 8.42 Å². The van der Waals surface area contributed by atoms with Gasteiger partial charge in [-0.15, -0.1) is 0 Å². The van der Waals surface area contributed by atoms with Gasteiger partial charge in [0.05, 0.1) is 16.7 Å². The van der Waals surface area contributed by atoms with E-state index in [-0.39, 0.29) is 15.5 Å². The fourth-order valence-corrected chi connectivity index (χ4v) is 2.52. The molecule has 3 nitrogen and oxygen atoms in total. The van der Waals surface area contributed by atoms with Gasteiger partial charge < -0.3 is 0 Å². The molecule has 74 valence electrons. The maximum absolute atomic E-state index is 11.0. The van der Waals surface area contributed by atoms with Crippen molar-refractivity contribution in [3.8, 4) is 6.07 Å². The van der Waals surface area contributed by atoms with E-state index in [1.807, 2.05) is 6.07 Å². The van der Waals surface area contributed by atoms with Crippen molar-refractivity contribution in [3.63, 3.8) is 0 Å². The number of hydrogen-bond donors (Lipinski definition) is 0. The van der Waals surface area contributed by atoms with Crippen LogP contribution in [0.1, 0.15) is 11.1 Å². The molecule has 0 saturated carbocycles. The van der Waals surface area contributed by atoms with Crippen molar-refractivity contribution in [3.05, 3.63) is 28.3 Å². The Bertz CT molecular complexity index is 517. The Labute approximate surface area is 91.3 Å². The third-order valence-electron chi connectivity index (χ3n) is 1.61. The molecular weight excluding hydrogens is 245 g/mol. The highest BCUT2D eigenvalue weighted by Crippen LogP contribution is 2.28. The molecule has 0 heterocycles. The molecule has 0 spiro atoms. The van der Waals surface area contributed by atoms with E-state index in [4.69, 9.17) is 27.5 Å². The molecule has 1 rings (SSSR count). The van der Waals surface area contributed by atoms with Crippen LogP contribution in [0.4, 0.5) is 0 Å². The van der Waals surface area contributed by atoms with Crippen LogP contribution in [0.3, 0.4) is 0 Å². The van der Waals surface area contributed by atoms with Crippen LogP contribution in [0.25, 0.3) is 0 Å². The normalized spacial score (nSPS) is 11.0. The molecular formula is C8H5Cl2NO2S. The lowest BCUT2D eigenvalue weighted by Crippen LogP contribution is -1.95. The van der Waals surface area contributed by atoms with Crippen molar-refractivity contribution >= 4 is 31.3 Å². The zero-order chi connectivity index (χ0) is 10.9. The maximum Gasteiger partial charge on any atom is 0.262 e. The van der Waals surface area contributed by atoms with Gasteiger partial charge in [-0.25, -0.2) is 8.42 Å². The van der Waals surface area contributed by atoms with E-state index in [0.717, 1.165) is 6.07 Å². The van der Waals surface area contributed by atoms with E-state index >= 15 is 0 Å². The summed E-state index contributed by atoms with van der Waals surface area (Å²) in [6.45, 7) is 1.61. The van der Waals surface area contributed by atoms with Gasteiger partial charge in [0, 0.05) is 10.7 Å². The number of rotatable bonds is 1. The molecule has 1 aromatic rings. The minimum atomic E-state index is -3.90. The average Bonchev–Trinajstić information content (AvgIpc) is 2.07. The number of benzene rings is 1. The molecule has 0 bridgehead atoms. The number of hydrogen-bond acceptors (Lipinski definition) is 3. The Morgan fingerprint density at radius 2 is 2.00 bits per heavy atom. The van der Waals surface area contributed by atoms with Gasteiger partial charge in [0.15, 0.2) is 0 Å². The van der Waals surface area contributed by atoms with Crippen molar-refractivity contribution in [2.24, 2.45) is 0 Å². The molecule has 0 saturated heterocycles. The van der Waals surface area contributed by atoms with Crippen molar-refractivity contribution in [2.75, 3.05) is 0 Å². The van der Waals surface area contributed by atoms with Crippen LogP contribution >= 0.6 is 22.3 Å². The quantitative estimate of drug-likeness (QED) is 0.719. The summed E-state index contributed by atoms with van der Waals surface area (Å²) in [4.78, 5) is -0.225. The van der Waals surface area contributed by atoms with E-state index in [1.54, 1.807) is 6.92 Å². The first-order valence-electron chi connectivity index (χ1n) is 3.51. The van der Waals surface area contributed by atoms with Gasteiger partial charge in [0.2, 0.25) is 0 Å². The second kappa shape index (κ2) is 3.77. The van der Waals surface area contributed by atoms with Gasteiger partial charge in [-0.1, -0.05) is 11.6 Å². The van der Waals surface area contributed by atoms with Crippen LogP contribution < -0.4 is 0 Å². The van der Waals surface area contributed by atoms with E-state index in [2.05, 4.69) is 0 Å². The van der Waals surface area contributed by atoms with Gasteiger partial charge in [-0.05, 0) is 24.6 Å². The minimum Gasteiger partial charge on any atom is -0.207 e. The second-order valence-electron chi connectivity index (χ2n) is 2.65. The Balaban J connectivity index is 3.61. The number of nitrogens with zero attached hydrogens (tertiary/aromatic N) is 1. The van der Waals surface area contributed by atoms with Gasteiger partial charge in [0.1, 0.15) is 4.90 Å². The highest BCUT2D eigenvalue weighted by Gasteiger charge is 2.17. The van der Waals surface area contributed by atoms with Gasteiger partial charge in [-0.3, -0.25) is 0 Å². The summed E-state index contributed by atoms with van der Waals surface area (Å²) in [7, 11) is 1.24. The molecule has 0 aromatic heterocycles. The second-order valence-corrected chi connectivity index (χ2v) is 5.57. The summed E-state index contributed by atoms with van der Waals surface area (Å²) in [5.41, 5.74) is 0.719. The first-order valence-corrected chi connectivity index (χ1v) is 6.20. The summed E-state index contributed by atoms with van der Waals surface area (Å²) in [5, 5.41) is 8.67. The largest absolute Gasteiger partial charge is 0.262 e. The molecule has 0 aliphatic rings. The highest BCUT2D eigenvalue weighted by molar-refractivity contribution is 8.13. The van der Waals surface area contributed by atoms with Crippen molar-refractivity contribution < 1.29 is 8.42 Å². The van der Waals surface area contributed by atoms with Crippen LogP contribution in [0.2, 0.25) is 5.02 Å². The minimum absolute atomic E-state index is 0.0546. The van der Waals surface area contributed by atoms with Crippen LogP contribution in [-0.2, 0) is 9.05 Å². The van der Waals surface area contributed by atoms with Crippen molar-refractivity contribution in [1.82, 2.24) is 0 Å². The molecule has 0 aliphatic carbocycles. The van der Waals surface area contributed by atoms with E-state index in [9.17, 15) is 8.42 Å². The molecule has 14 heavy (non-hydrogen) atoms. The summed E-state index contributed by atoms with van der Waals surface area (Å²) in [6.07, 6.45) is 0. The van der Waals surface area contributed by atoms with Crippen LogP contribution in [0, 0.1) is 18.3 Å². The Kier molecular flexibility index (Phi) is 3.05.